The van der Waals surface area contributed by atoms with E-state index < -0.39 is 0 Å². The molecule has 3 rings (SSSR count). The summed E-state index contributed by atoms with van der Waals surface area (Å²) in [6, 6.07) is 4.08. The van der Waals surface area contributed by atoms with Crippen LogP contribution in [0.25, 0.3) is 11.4 Å². The van der Waals surface area contributed by atoms with Crippen molar-refractivity contribution in [3.05, 3.63) is 29.6 Å². The summed E-state index contributed by atoms with van der Waals surface area (Å²) in [6.45, 7) is 5.25. The molecule has 3 N–H and O–H groups in total. The molecule has 3 heterocycles. The first kappa shape index (κ1) is 12.8. The topological polar surface area (TPSA) is 76.8 Å². The van der Waals surface area contributed by atoms with Crippen molar-refractivity contribution in [1.82, 2.24) is 25.4 Å². The molecule has 0 aromatic carbocycles. The summed E-state index contributed by atoms with van der Waals surface area (Å²) < 4.78 is 0. The lowest BCUT2D eigenvalue weighted by molar-refractivity contribution is 0.190. The number of carbonyl (C=O) groups excluding carboxylic acids is 1. The van der Waals surface area contributed by atoms with E-state index in [0.717, 1.165) is 35.6 Å². The molecule has 0 saturated carbocycles. The highest BCUT2D eigenvalue weighted by molar-refractivity contribution is 5.75. The lowest BCUT2D eigenvalue weighted by atomic mass is 10.0. The number of hydrogen-bond donors (Lipinski definition) is 3. The molecule has 20 heavy (non-hydrogen) atoms. The average Bonchev–Trinajstić information content (AvgIpc) is 3.05. The van der Waals surface area contributed by atoms with Crippen molar-refractivity contribution in [3.8, 4) is 11.4 Å². The van der Waals surface area contributed by atoms with E-state index in [1.807, 2.05) is 37.1 Å². The summed E-state index contributed by atoms with van der Waals surface area (Å²) in [4.78, 5) is 17.1. The van der Waals surface area contributed by atoms with Gasteiger partial charge in [-0.05, 0) is 26.0 Å². The quantitative estimate of drug-likeness (QED) is 0.781. The number of urea groups is 1. The van der Waals surface area contributed by atoms with Gasteiger partial charge in [0.15, 0.2) is 0 Å². The lowest BCUT2D eigenvalue weighted by Crippen LogP contribution is -2.45. The van der Waals surface area contributed by atoms with E-state index in [1.54, 1.807) is 0 Å². The van der Waals surface area contributed by atoms with Crippen LogP contribution in [0.3, 0.4) is 0 Å². The number of nitrogens with zero attached hydrogens (tertiary/aromatic N) is 2. The summed E-state index contributed by atoms with van der Waals surface area (Å²) in [5.41, 5.74) is 4.13. The zero-order valence-corrected chi connectivity index (χ0v) is 11.7. The molecular formula is C14H19N5O. The number of rotatable bonds is 2. The van der Waals surface area contributed by atoms with Crippen molar-refractivity contribution in [2.45, 2.75) is 32.9 Å². The number of aromatic amines is 2. The largest absolute Gasteiger partial charge is 0.360 e. The molecule has 1 aliphatic rings. The number of hydrogen-bond acceptors (Lipinski definition) is 2. The minimum absolute atomic E-state index is 0.00992. The highest BCUT2D eigenvalue weighted by Crippen LogP contribution is 2.27. The van der Waals surface area contributed by atoms with Gasteiger partial charge in [-0.3, -0.25) is 5.10 Å². The number of fused-ring (bicyclic) bond motifs is 1. The smallest absolute Gasteiger partial charge is 0.317 e. The second-order valence-corrected chi connectivity index (χ2v) is 5.39. The first-order valence-corrected chi connectivity index (χ1v) is 6.90. The van der Waals surface area contributed by atoms with Crippen LogP contribution in [0, 0.1) is 0 Å². The van der Waals surface area contributed by atoms with Gasteiger partial charge in [-0.1, -0.05) is 0 Å². The number of amides is 2. The Morgan fingerprint density at radius 3 is 3.05 bits per heavy atom. The van der Waals surface area contributed by atoms with E-state index in [9.17, 15) is 4.79 Å². The van der Waals surface area contributed by atoms with E-state index in [1.165, 1.54) is 0 Å². The predicted molar refractivity (Wildman–Crippen MR) is 76.2 cm³/mol. The fourth-order valence-electron chi connectivity index (χ4n) is 2.51. The molecule has 0 radical (unpaired) electrons. The van der Waals surface area contributed by atoms with Crippen LogP contribution in [0.5, 0.6) is 0 Å². The third-order valence-corrected chi connectivity index (χ3v) is 3.49. The Labute approximate surface area is 117 Å². The van der Waals surface area contributed by atoms with Crippen molar-refractivity contribution in [2.24, 2.45) is 0 Å². The lowest BCUT2D eigenvalue weighted by Gasteiger charge is -2.28. The van der Waals surface area contributed by atoms with Gasteiger partial charge in [-0.25, -0.2) is 4.79 Å². The Balaban J connectivity index is 1.83. The van der Waals surface area contributed by atoms with Gasteiger partial charge in [-0.2, -0.15) is 5.10 Å². The van der Waals surface area contributed by atoms with Gasteiger partial charge in [0.2, 0.25) is 0 Å². The van der Waals surface area contributed by atoms with E-state index >= 15 is 0 Å². The van der Waals surface area contributed by atoms with E-state index in [0.29, 0.717) is 6.54 Å². The molecule has 1 aliphatic heterocycles. The van der Waals surface area contributed by atoms with Gasteiger partial charge < -0.3 is 15.2 Å². The zero-order valence-electron chi connectivity index (χ0n) is 11.7. The Bertz CT molecular complexity index is 599. The molecule has 2 aromatic heterocycles. The summed E-state index contributed by atoms with van der Waals surface area (Å²) in [6.07, 6.45) is 2.69. The van der Waals surface area contributed by atoms with Crippen LogP contribution in [0.15, 0.2) is 18.3 Å². The fraction of sp³-hybridized carbons (Fsp3) is 0.429. The molecule has 0 aliphatic carbocycles. The summed E-state index contributed by atoms with van der Waals surface area (Å²) in [5.74, 6) is 0. The monoisotopic (exact) mass is 273 g/mol. The molecule has 2 amide bonds. The van der Waals surface area contributed by atoms with Crippen LogP contribution < -0.4 is 5.32 Å². The molecule has 0 unspecified atom stereocenters. The summed E-state index contributed by atoms with van der Waals surface area (Å²) in [7, 11) is 0. The molecule has 0 bridgehead atoms. The standard InChI is InChI=1S/C14H19N5O/c1-9(2)16-14(20)19-7-5-11-10(8-19)13(18-17-11)12-4-3-6-15-12/h3-4,6,9,15H,5,7-8H2,1-2H3,(H,16,20)(H,17,18). The average molecular weight is 273 g/mol. The minimum Gasteiger partial charge on any atom is -0.360 e. The van der Waals surface area contributed by atoms with Gasteiger partial charge in [-0.15, -0.1) is 0 Å². The summed E-state index contributed by atoms with van der Waals surface area (Å²) >= 11 is 0. The summed E-state index contributed by atoms with van der Waals surface area (Å²) in [5, 5.41) is 10.4. The fourth-order valence-corrected chi connectivity index (χ4v) is 2.51. The normalized spacial score (nSPS) is 14.4. The highest BCUT2D eigenvalue weighted by atomic mass is 16.2. The van der Waals surface area contributed by atoms with Crippen LogP contribution in [-0.4, -0.2) is 38.7 Å². The Morgan fingerprint density at radius 2 is 2.35 bits per heavy atom. The number of H-pyrrole nitrogens is 2. The van der Waals surface area contributed by atoms with Crippen LogP contribution in [0.4, 0.5) is 4.79 Å². The molecule has 2 aromatic rings. The van der Waals surface area contributed by atoms with Gasteiger partial charge in [0.05, 0.1) is 12.2 Å². The van der Waals surface area contributed by atoms with E-state index in [-0.39, 0.29) is 12.1 Å². The maximum Gasteiger partial charge on any atom is 0.317 e. The molecular weight excluding hydrogens is 254 g/mol. The molecule has 0 spiro atoms. The highest BCUT2D eigenvalue weighted by Gasteiger charge is 2.26. The van der Waals surface area contributed by atoms with Crippen molar-refractivity contribution in [1.29, 1.82) is 0 Å². The van der Waals surface area contributed by atoms with Gasteiger partial charge in [0.25, 0.3) is 0 Å². The molecule has 106 valence electrons. The second-order valence-electron chi connectivity index (χ2n) is 5.39. The number of nitrogens with one attached hydrogen (secondary N) is 3. The van der Waals surface area contributed by atoms with Crippen LogP contribution >= 0.6 is 0 Å². The van der Waals surface area contributed by atoms with Gasteiger partial charge in [0, 0.05) is 36.5 Å². The van der Waals surface area contributed by atoms with Crippen LogP contribution in [0.1, 0.15) is 25.1 Å². The van der Waals surface area contributed by atoms with E-state index in [2.05, 4.69) is 20.5 Å². The predicted octanol–water partition coefficient (Wildman–Crippen LogP) is 1.88. The van der Waals surface area contributed by atoms with Gasteiger partial charge in [0.1, 0.15) is 5.69 Å². The Hall–Kier alpha value is -2.24. The third kappa shape index (κ3) is 2.29. The van der Waals surface area contributed by atoms with Crippen LogP contribution in [-0.2, 0) is 13.0 Å². The van der Waals surface area contributed by atoms with E-state index in [4.69, 9.17) is 0 Å². The molecule has 0 fully saturated rings. The third-order valence-electron chi connectivity index (χ3n) is 3.49. The van der Waals surface area contributed by atoms with Crippen molar-refractivity contribution >= 4 is 6.03 Å². The van der Waals surface area contributed by atoms with Crippen LogP contribution in [0.2, 0.25) is 0 Å². The molecule has 0 saturated heterocycles. The SMILES string of the molecule is CC(C)NC(=O)N1CCc2[nH]nc(-c3ccc[nH]3)c2C1. The Kier molecular flexibility index (Phi) is 3.22. The number of carbonyl (C=O) groups is 1. The zero-order chi connectivity index (χ0) is 14.1. The maximum absolute atomic E-state index is 12.1. The number of aromatic nitrogens is 3. The van der Waals surface area contributed by atoms with Crippen molar-refractivity contribution < 1.29 is 4.79 Å². The molecule has 0 atom stereocenters. The second kappa shape index (κ2) is 5.03. The first-order valence-electron chi connectivity index (χ1n) is 6.90. The molecule has 6 heteroatoms. The van der Waals surface area contributed by atoms with Gasteiger partial charge >= 0.3 is 6.03 Å². The minimum atomic E-state index is -0.00992. The first-order chi connectivity index (χ1) is 9.65. The maximum atomic E-state index is 12.1. The Morgan fingerprint density at radius 1 is 1.50 bits per heavy atom. The van der Waals surface area contributed by atoms with Crippen molar-refractivity contribution in [2.75, 3.05) is 6.54 Å². The van der Waals surface area contributed by atoms with Crippen molar-refractivity contribution in [3.63, 3.8) is 0 Å². The molecule has 6 nitrogen and oxygen atoms in total.